The van der Waals surface area contributed by atoms with Gasteiger partial charge in [-0.2, -0.15) is 0 Å². The fraction of sp³-hybridized carbons (Fsp3) is 0.571. The minimum absolute atomic E-state index is 0.00816. The lowest BCUT2D eigenvalue weighted by Crippen LogP contribution is -2.41. The Labute approximate surface area is 168 Å². The van der Waals surface area contributed by atoms with Crippen LogP contribution >= 0.6 is 0 Å². The number of nitrogens with zero attached hydrogens (tertiary/aromatic N) is 3. The number of fused-ring (bicyclic) bond motifs is 1. The average Bonchev–Trinajstić information content (AvgIpc) is 3.45. The van der Waals surface area contributed by atoms with E-state index in [2.05, 4.69) is 9.97 Å². The fourth-order valence-corrected chi connectivity index (χ4v) is 4.82. The van der Waals surface area contributed by atoms with Gasteiger partial charge in [-0.1, -0.05) is 37.8 Å². The molecule has 29 heavy (non-hydrogen) atoms. The number of nitrogens with one attached hydrogen (secondary N) is 1. The average molecular weight is 402 g/mol. The summed E-state index contributed by atoms with van der Waals surface area (Å²) >= 11 is 0. The highest BCUT2D eigenvalue weighted by atomic mass is 19.1. The van der Waals surface area contributed by atoms with Crippen LogP contribution in [0.2, 0.25) is 0 Å². The maximum Gasteiger partial charge on any atom is 0.233 e. The van der Waals surface area contributed by atoms with Gasteiger partial charge in [0.05, 0.1) is 36.1 Å². The number of benzene rings is 1. The summed E-state index contributed by atoms with van der Waals surface area (Å²) in [6.07, 6.45) is 4.36. The van der Waals surface area contributed by atoms with E-state index in [4.69, 9.17) is 0 Å². The number of carbonyl (C=O) groups excluding carboxylic acids is 2. The van der Waals surface area contributed by atoms with Crippen molar-refractivity contribution in [3.8, 4) is 0 Å². The molecule has 1 aromatic heterocycles. The van der Waals surface area contributed by atoms with E-state index in [1.165, 1.54) is 0 Å². The smallest absolute Gasteiger partial charge is 0.233 e. The van der Waals surface area contributed by atoms with Crippen LogP contribution in [0.3, 0.4) is 0 Å². The number of carbonyl (C=O) groups is 2. The molecule has 1 unspecified atom stereocenters. The number of para-hydroxylation sites is 2. The number of alkyl halides is 1. The lowest BCUT2D eigenvalue weighted by Gasteiger charge is -2.30. The largest absolute Gasteiger partial charge is 0.340 e. The summed E-state index contributed by atoms with van der Waals surface area (Å²) < 4.78 is 14.4. The van der Waals surface area contributed by atoms with E-state index in [1.807, 2.05) is 24.3 Å². The second-order valence-corrected chi connectivity index (χ2v) is 8.29. The molecule has 8 heteroatoms. The maximum atomic E-state index is 14.4. The van der Waals surface area contributed by atoms with Crippen molar-refractivity contribution < 1.29 is 19.2 Å². The molecule has 156 valence electrons. The molecule has 0 radical (unpaired) electrons. The zero-order valence-corrected chi connectivity index (χ0v) is 16.3. The summed E-state index contributed by atoms with van der Waals surface area (Å²) in [7, 11) is 0. The normalized spacial score (nSPS) is 23.6. The molecule has 2 N–H and O–H groups in total. The molecule has 0 spiro atoms. The third-order valence-corrected chi connectivity index (χ3v) is 6.23. The number of likely N-dealkylation sites (tertiary alicyclic amines) is 1. The molecule has 1 aliphatic heterocycles. The van der Waals surface area contributed by atoms with Gasteiger partial charge in [0.1, 0.15) is 12.0 Å². The molecular weight excluding hydrogens is 375 g/mol. The van der Waals surface area contributed by atoms with E-state index < -0.39 is 18.1 Å². The number of amides is 2. The number of halogens is 1. The third-order valence-electron chi connectivity index (χ3n) is 6.23. The van der Waals surface area contributed by atoms with Gasteiger partial charge in [-0.15, -0.1) is 0 Å². The summed E-state index contributed by atoms with van der Waals surface area (Å²) in [5.74, 6) is 0.210. The van der Waals surface area contributed by atoms with Crippen molar-refractivity contribution in [2.45, 2.75) is 50.7 Å². The number of hydroxylamine groups is 2. The van der Waals surface area contributed by atoms with Crippen molar-refractivity contribution >= 4 is 23.4 Å². The molecule has 1 aliphatic carbocycles. The molecular formula is C21H27FN4O3. The topological polar surface area (TPSA) is 89.5 Å². The first-order chi connectivity index (χ1) is 14.0. The summed E-state index contributed by atoms with van der Waals surface area (Å²) in [5.41, 5.74) is 1.63. The minimum Gasteiger partial charge on any atom is -0.340 e. The van der Waals surface area contributed by atoms with Crippen molar-refractivity contribution in [2.75, 3.05) is 13.1 Å². The van der Waals surface area contributed by atoms with Gasteiger partial charge in [0.25, 0.3) is 0 Å². The second kappa shape index (κ2) is 8.49. The number of hydrogen-bond acceptors (Lipinski definition) is 4. The van der Waals surface area contributed by atoms with Crippen LogP contribution in [0.15, 0.2) is 24.3 Å². The van der Waals surface area contributed by atoms with Crippen molar-refractivity contribution in [3.63, 3.8) is 0 Å². The monoisotopic (exact) mass is 402 g/mol. The Kier molecular flexibility index (Phi) is 5.80. The highest BCUT2D eigenvalue weighted by molar-refractivity contribution is 5.80. The van der Waals surface area contributed by atoms with Gasteiger partial charge in [0, 0.05) is 6.42 Å². The minimum atomic E-state index is -1.12. The first-order valence-corrected chi connectivity index (χ1v) is 10.3. The first-order valence-electron chi connectivity index (χ1n) is 10.3. The van der Waals surface area contributed by atoms with Gasteiger partial charge in [-0.3, -0.25) is 14.8 Å². The molecule has 1 aromatic carbocycles. The van der Waals surface area contributed by atoms with Crippen LogP contribution in [0.1, 0.15) is 50.4 Å². The summed E-state index contributed by atoms with van der Waals surface area (Å²) in [6.45, 7) is -0.0621. The Morgan fingerprint density at radius 2 is 2.14 bits per heavy atom. The van der Waals surface area contributed by atoms with E-state index >= 15 is 0 Å². The molecule has 2 heterocycles. The maximum absolute atomic E-state index is 14.4. The zero-order valence-electron chi connectivity index (χ0n) is 16.3. The van der Waals surface area contributed by atoms with E-state index in [0.29, 0.717) is 29.6 Å². The lowest BCUT2D eigenvalue weighted by molar-refractivity contribution is -0.157. The SMILES string of the molecule is O=CN(O)CC(CC1CCCC1)C(=O)N1C[C@H](F)C[C@H]1c1nc2ccccc2[nH]1. The Hall–Kier alpha value is -2.48. The molecule has 1 saturated heterocycles. The number of hydrogen-bond donors (Lipinski definition) is 2. The zero-order chi connectivity index (χ0) is 20.4. The Balaban J connectivity index is 1.57. The quantitative estimate of drug-likeness (QED) is 0.423. The molecule has 2 aromatic rings. The molecule has 2 amide bonds. The Bertz CT molecular complexity index is 833. The predicted molar refractivity (Wildman–Crippen MR) is 105 cm³/mol. The van der Waals surface area contributed by atoms with Gasteiger partial charge < -0.3 is 9.88 Å². The van der Waals surface area contributed by atoms with Gasteiger partial charge in [-0.05, 0) is 24.5 Å². The second-order valence-electron chi connectivity index (χ2n) is 8.29. The van der Waals surface area contributed by atoms with Crippen LogP contribution < -0.4 is 0 Å². The molecule has 7 nitrogen and oxygen atoms in total. The van der Waals surface area contributed by atoms with Crippen molar-refractivity contribution in [1.29, 1.82) is 0 Å². The molecule has 1 saturated carbocycles. The molecule has 4 rings (SSSR count). The number of aromatic amines is 1. The highest BCUT2D eigenvalue weighted by Crippen LogP contribution is 2.37. The van der Waals surface area contributed by atoms with Crippen LogP contribution in [0.5, 0.6) is 0 Å². The van der Waals surface area contributed by atoms with Crippen molar-refractivity contribution in [2.24, 2.45) is 11.8 Å². The predicted octanol–water partition coefficient (Wildman–Crippen LogP) is 3.22. The molecule has 2 aliphatic rings. The van der Waals surface area contributed by atoms with E-state index in [-0.39, 0.29) is 25.4 Å². The Morgan fingerprint density at radius 3 is 2.86 bits per heavy atom. The van der Waals surface area contributed by atoms with Crippen LogP contribution in [0.25, 0.3) is 11.0 Å². The lowest BCUT2D eigenvalue weighted by atomic mass is 9.91. The van der Waals surface area contributed by atoms with E-state index in [9.17, 15) is 19.2 Å². The van der Waals surface area contributed by atoms with Crippen LogP contribution in [0.4, 0.5) is 4.39 Å². The summed E-state index contributed by atoms with van der Waals surface area (Å²) in [5, 5.41) is 10.3. The number of imidazole rings is 1. The van der Waals surface area contributed by atoms with Crippen LogP contribution in [0, 0.1) is 11.8 Å². The van der Waals surface area contributed by atoms with Gasteiger partial charge in [-0.25, -0.2) is 14.4 Å². The van der Waals surface area contributed by atoms with Gasteiger partial charge in [0.2, 0.25) is 12.3 Å². The highest BCUT2D eigenvalue weighted by Gasteiger charge is 2.41. The van der Waals surface area contributed by atoms with Crippen LogP contribution in [-0.2, 0) is 9.59 Å². The van der Waals surface area contributed by atoms with Crippen molar-refractivity contribution in [1.82, 2.24) is 19.9 Å². The van der Waals surface area contributed by atoms with Gasteiger partial charge in [0.15, 0.2) is 0 Å². The molecule has 3 atom stereocenters. The summed E-state index contributed by atoms with van der Waals surface area (Å²) in [6, 6.07) is 7.08. The number of H-pyrrole nitrogens is 1. The van der Waals surface area contributed by atoms with E-state index in [1.54, 1.807) is 4.90 Å². The molecule has 0 bridgehead atoms. The first kappa shape index (κ1) is 19.8. The van der Waals surface area contributed by atoms with E-state index in [0.717, 1.165) is 36.7 Å². The standard InChI is InChI=1S/C21H27FN4O3/c22-16-10-19(20-23-17-7-3-4-8-18(17)24-20)26(12-16)21(28)15(11-25(29)13-27)9-14-5-1-2-6-14/h3-4,7-8,13-16,19,29H,1-2,5-6,9-12H2,(H,23,24)/t15?,16-,19+/m1/s1. The third kappa shape index (κ3) is 4.27. The van der Waals surface area contributed by atoms with Crippen LogP contribution in [-0.4, -0.2) is 56.7 Å². The Morgan fingerprint density at radius 1 is 1.38 bits per heavy atom. The fourth-order valence-electron chi connectivity index (χ4n) is 4.82. The summed E-state index contributed by atoms with van der Waals surface area (Å²) in [4.78, 5) is 33.7. The number of aromatic nitrogens is 2. The molecule has 2 fully saturated rings. The van der Waals surface area contributed by atoms with Gasteiger partial charge >= 0.3 is 0 Å². The number of rotatable bonds is 7. The van der Waals surface area contributed by atoms with Crippen molar-refractivity contribution in [3.05, 3.63) is 30.1 Å².